The average molecular weight is 423 g/mol. The SMILES string of the molecule is O=C(Nc1ccc(I)cc1)c1ccc(OCC2CCCO2)cc1. The summed E-state index contributed by atoms with van der Waals surface area (Å²) in [7, 11) is 0. The molecule has 5 heteroatoms. The van der Waals surface area contributed by atoms with Crippen LogP contribution in [0.15, 0.2) is 48.5 Å². The zero-order valence-electron chi connectivity index (χ0n) is 12.6. The minimum absolute atomic E-state index is 0.128. The minimum Gasteiger partial charge on any atom is -0.491 e. The van der Waals surface area contributed by atoms with Crippen LogP contribution in [0, 0.1) is 3.57 Å². The van der Waals surface area contributed by atoms with Gasteiger partial charge >= 0.3 is 0 Å². The number of benzene rings is 2. The molecule has 2 aromatic carbocycles. The van der Waals surface area contributed by atoms with Crippen molar-refractivity contribution in [2.45, 2.75) is 18.9 Å². The maximum absolute atomic E-state index is 12.2. The summed E-state index contributed by atoms with van der Waals surface area (Å²) in [6.45, 7) is 1.39. The number of rotatable bonds is 5. The maximum Gasteiger partial charge on any atom is 0.255 e. The normalized spacial score (nSPS) is 17.0. The van der Waals surface area contributed by atoms with Crippen molar-refractivity contribution in [2.24, 2.45) is 0 Å². The minimum atomic E-state index is -0.128. The predicted molar refractivity (Wildman–Crippen MR) is 98.0 cm³/mol. The van der Waals surface area contributed by atoms with Crippen LogP contribution < -0.4 is 10.1 Å². The maximum atomic E-state index is 12.2. The fraction of sp³-hybridized carbons (Fsp3) is 0.278. The number of carbonyl (C=O) groups excluding carboxylic acids is 1. The van der Waals surface area contributed by atoms with Gasteiger partial charge in [-0.15, -0.1) is 0 Å². The average Bonchev–Trinajstić information content (AvgIpc) is 3.09. The zero-order chi connectivity index (χ0) is 16.1. The Balaban J connectivity index is 1.55. The molecule has 1 aliphatic heterocycles. The van der Waals surface area contributed by atoms with Gasteiger partial charge in [0.05, 0.1) is 6.10 Å². The predicted octanol–water partition coefficient (Wildman–Crippen LogP) is 4.10. The summed E-state index contributed by atoms with van der Waals surface area (Å²) in [6.07, 6.45) is 2.35. The van der Waals surface area contributed by atoms with Crippen LogP contribution in [0.1, 0.15) is 23.2 Å². The summed E-state index contributed by atoms with van der Waals surface area (Å²) in [4.78, 5) is 12.2. The number of hydrogen-bond acceptors (Lipinski definition) is 3. The van der Waals surface area contributed by atoms with Gasteiger partial charge in [-0.1, -0.05) is 0 Å². The summed E-state index contributed by atoms with van der Waals surface area (Å²) >= 11 is 2.23. The monoisotopic (exact) mass is 423 g/mol. The Hall–Kier alpha value is -1.60. The molecular formula is C18H18INO3. The van der Waals surface area contributed by atoms with Crippen LogP contribution in [0.4, 0.5) is 5.69 Å². The molecule has 1 heterocycles. The fourth-order valence-corrected chi connectivity index (χ4v) is 2.76. The molecule has 3 rings (SSSR count). The van der Waals surface area contributed by atoms with Crippen molar-refractivity contribution in [3.05, 3.63) is 57.7 Å². The number of halogens is 1. The molecule has 0 saturated carbocycles. The lowest BCUT2D eigenvalue weighted by Gasteiger charge is -2.11. The first kappa shape index (κ1) is 16.3. The first-order valence-electron chi connectivity index (χ1n) is 7.62. The van der Waals surface area contributed by atoms with Gasteiger partial charge in [0.25, 0.3) is 5.91 Å². The molecule has 1 aliphatic rings. The number of hydrogen-bond donors (Lipinski definition) is 1. The molecular weight excluding hydrogens is 405 g/mol. The van der Waals surface area contributed by atoms with Crippen molar-refractivity contribution >= 4 is 34.2 Å². The highest BCUT2D eigenvalue weighted by Crippen LogP contribution is 2.18. The molecule has 2 aromatic rings. The highest BCUT2D eigenvalue weighted by molar-refractivity contribution is 14.1. The Morgan fingerprint density at radius 1 is 1.17 bits per heavy atom. The first-order chi connectivity index (χ1) is 11.2. The van der Waals surface area contributed by atoms with Crippen molar-refractivity contribution in [1.82, 2.24) is 0 Å². The lowest BCUT2D eigenvalue weighted by Crippen LogP contribution is -2.16. The standard InChI is InChI=1S/C18H18INO3/c19-14-5-7-15(8-6-14)20-18(21)13-3-9-16(10-4-13)23-12-17-2-1-11-22-17/h3-10,17H,1-2,11-12H2,(H,20,21). The molecule has 1 amide bonds. The second-order valence-corrected chi connectivity index (χ2v) is 6.68. The van der Waals surface area contributed by atoms with Crippen LogP contribution in [0.5, 0.6) is 5.75 Å². The zero-order valence-corrected chi connectivity index (χ0v) is 14.8. The summed E-state index contributed by atoms with van der Waals surface area (Å²) in [5.41, 5.74) is 1.39. The van der Waals surface area contributed by atoms with E-state index in [2.05, 4.69) is 27.9 Å². The number of amides is 1. The lowest BCUT2D eigenvalue weighted by atomic mass is 10.2. The van der Waals surface area contributed by atoms with Gasteiger partial charge in [0, 0.05) is 21.4 Å². The number of anilines is 1. The Kier molecular flexibility index (Phi) is 5.51. The van der Waals surface area contributed by atoms with E-state index in [1.165, 1.54) is 0 Å². The molecule has 1 saturated heterocycles. The highest BCUT2D eigenvalue weighted by Gasteiger charge is 2.16. The van der Waals surface area contributed by atoms with Crippen molar-refractivity contribution < 1.29 is 14.3 Å². The van der Waals surface area contributed by atoms with Crippen LogP contribution in [0.2, 0.25) is 0 Å². The highest BCUT2D eigenvalue weighted by atomic mass is 127. The van der Waals surface area contributed by atoms with E-state index >= 15 is 0 Å². The van der Waals surface area contributed by atoms with E-state index in [1.54, 1.807) is 12.1 Å². The van der Waals surface area contributed by atoms with Crippen LogP contribution in [0.25, 0.3) is 0 Å². The molecule has 1 N–H and O–H groups in total. The molecule has 0 spiro atoms. The van der Waals surface area contributed by atoms with Crippen LogP contribution in [-0.4, -0.2) is 25.2 Å². The molecule has 0 bridgehead atoms. The van der Waals surface area contributed by atoms with Gasteiger partial charge in [0.15, 0.2) is 0 Å². The van der Waals surface area contributed by atoms with Gasteiger partial charge in [-0.2, -0.15) is 0 Å². The molecule has 0 radical (unpaired) electrons. The molecule has 23 heavy (non-hydrogen) atoms. The van der Waals surface area contributed by atoms with Gasteiger partial charge < -0.3 is 14.8 Å². The van der Waals surface area contributed by atoms with Crippen LogP contribution in [-0.2, 0) is 4.74 Å². The quantitative estimate of drug-likeness (QED) is 0.737. The second-order valence-electron chi connectivity index (χ2n) is 5.43. The van der Waals surface area contributed by atoms with E-state index in [-0.39, 0.29) is 12.0 Å². The Labute approximate surface area is 149 Å². The van der Waals surface area contributed by atoms with Gasteiger partial charge in [-0.05, 0) is 84.0 Å². The summed E-state index contributed by atoms with van der Waals surface area (Å²) in [6, 6.07) is 14.9. The van der Waals surface area contributed by atoms with E-state index in [4.69, 9.17) is 9.47 Å². The molecule has 1 atom stereocenters. The Bertz CT molecular complexity index is 649. The number of ether oxygens (including phenoxy) is 2. The molecule has 1 fully saturated rings. The van der Waals surface area contributed by atoms with Crippen molar-refractivity contribution in [2.75, 3.05) is 18.5 Å². The van der Waals surface area contributed by atoms with E-state index in [0.717, 1.165) is 34.5 Å². The second kappa shape index (κ2) is 7.79. The smallest absolute Gasteiger partial charge is 0.255 e. The van der Waals surface area contributed by atoms with E-state index in [0.29, 0.717) is 12.2 Å². The third-order valence-corrected chi connectivity index (χ3v) is 4.40. The third-order valence-electron chi connectivity index (χ3n) is 3.68. The molecule has 0 aromatic heterocycles. The van der Waals surface area contributed by atoms with Crippen LogP contribution >= 0.6 is 22.6 Å². The summed E-state index contributed by atoms with van der Waals surface area (Å²) in [5.74, 6) is 0.628. The first-order valence-corrected chi connectivity index (χ1v) is 8.70. The lowest BCUT2D eigenvalue weighted by molar-refractivity contribution is 0.0679. The Morgan fingerprint density at radius 2 is 1.91 bits per heavy atom. The van der Waals surface area contributed by atoms with Gasteiger partial charge in [0.1, 0.15) is 12.4 Å². The van der Waals surface area contributed by atoms with E-state index in [9.17, 15) is 4.79 Å². The van der Waals surface area contributed by atoms with Crippen molar-refractivity contribution in [1.29, 1.82) is 0 Å². The largest absolute Gasteiger partial charge is 0.491 e. The fourth-order valence-electron chi connectivity index (χ4n) is 2.40. The molecule has 0 aliphatic carbocycles. The molecule has 1 unspecified atom stereocenters. The number of nitrogens with one attached hydrogen (secondary N) is 1. The van der Waals surface area contributed by atoms with E-state index < -0.39 is 0 Å². The van der Waals surface area contributed by atoms with Gasteiger partial charge in [0.2, 0.25) is 0 Å². The molecule has 4 nitrogen and oxygen atoms in total. The van der Waals surface area contributed by atoms with E-state index in [1.807, 2.05) is 36.4 Å². The van der Waals surface area contributed by atoms with Gasteiger partial charge in [-0.25, -0.2) is 0 Å². The summed E-state index contributed by atoms with van der Waals surface area (Å²) in [5, 5.41) is 2.88. The number of carbonyl (C=O) groups is 1. The van der Waals surface area contributed by atoms with Gasteiger partial charge in [-0.3, -0.25) is 4.79 Å². The third kappa shape index (κ3) is 4.68. The summed E-state index contributed by atoms with van der Waals surface area (Å²) < 4.78 is 12.4. The van der Waals surface area contributed by atoms with Crippen molar-refractivity contribution in [3.63, 3.8) is 0 Å². The van der Waals surface area contributed by atoms with Crippen LogP contribution in [0.3, 0.4) is 0 Å². The topological polar surface area (TPSA) is 47.6 Å². The molecule has 120 valence electrons. The Morgan fingerprint density at radius 3 is 2.57 bits per heavy atom. The van der Waals surface area contributed by atoms with Crippen molar-refractivity contribution in [3.8, 4) is 5.75 Å².